The second-order valence-electron chi connectivity index (χ2n) is 10.5. The fourth-order valence-electron chi connectivity index (χ4n) is 5.27. The molecule has 0 saturated carbocycles. The van der Waals surface area contributed by atoms with Crippen molar-refractivity contribution in [3.63, 3.8) is 0 Å². The zero-order valence-corrected chi connectivity index (χ0v) is 21.1. The molecule has 0 radical (unpaired) electrons. The van der Waals surface area contributed by atoms with Crippen LogP contribution >= 0.6 is 0 Å². The van der Waals surface area contributed by atoms with Crippen molar-refractivity contribution in [3.05, 3.63) is 53.7 Å². The third kappa shape index (κ3) is 5.17. The van der Waals surface area contributed by atoms with Crippen molar-refractivity contribution in [3.8, 4) is 11.4 Å². The maximum atomic E-state index is 14.6. The van der Waals surface area contributed by atoms with Crippen LogP contribution in [0.15, 0.2) is 36.5 Å². The summed E-state index contributed by atoms with van der Waals surface area (Å²) in [5.41, 5.74) is 3.78. The highest BCUT2D eigenvalue weighted by Crippen LogP contribution is 2.32. The largest absolute Gasteiger partial charge is 0.495 e. The quantitative estimate of drug-likeness (QED) is 0.446. The number of nitrogens with one attached hydrogen (secondary N) is 3. The molecule has 3 heterocycles. The van der Waals surface area contributed by atoms with Crippen LogP contribution in [-0.4, -0.2) is 38.8 Å². The second kappa shape index (κ2) is 8.91. The van der Waals surface area contributed by atoms with Crippen molar-refractivity contribution in [2.24, 2.45) is 0 Å². The van der Waals surface area contributed by atoms with Gasteiger partial charge in [0.15, 0.2) is 11.6 Å². The molecule has 1 aromatic carbocycles. The molecule has 0 spiro atoms. The summed E-state index contributed by atoms with van der Waals surface area (Å²) in [6.07, 6.45) is 2.93. The van der Waals surface area contributed by atoms with Gasteiger partial charge in [-0.15, -0.1) is 0 Å². The van der Waals surface area contributed by atoms with Crippen LogP contribution in [0, 0.1) is 19.7 Å². The molecule has 1 aliphatic heterocycles. The molecular formula is C26H35FN6O. The summed E-state index contributed by atoms with van der Waals surface area (Å²) in [5, 5.41) is 10.2. The van der Waals surface area contributed by atoms with E-state index in [4.69, 9.17) is 4.74 Å². The van der Waals surface area contributed by atoms with Crippen molar-refractivity contribution in [1.29, 1.82) is 0 Å². The van der Waals surface area contributed by atoms with E-state index in [1.54, 1.807) is 7.11 Å². The van der Waals surface area contributed by atoms with Gasteiger partial charge in [-0.05, 0) is 84.7 Å². The number of hydrogen-bond donors (Lipinski definition) is 3. The molecular weight excluding hydrogens is 431 g/mol. The molecule has 7 nitrogen and oxygen atoms in total. The molecule has 0 amide bonds. The van der Waals surface area contributed by atoms with Crippen LogP contribution in [0.1, 0.15) is 51.9 Å². The summed E-state index contributed by atoms with van der Waals surface area (Å²) >= 11 is 0. The molecule has 0 atom stereocenters. The van der Waals surface area contributed by atoms with Gasteiger partial charge >= 0.3 is 0 Å². The molecule has 0 bridgehead atoms. The van der Waals surface area contributed by atoms with Gasteiger partial charge in [0.25, 0.3) is 0 Å². The number of anilines is 3. The lowest BCUT2D eigenvalue weighted by Gasteiger charge is -2.46. The third-order valence-electron chi connectivity index (χ3n) is 6.22. The molecule has 1 aliphatic rings. The maximum absolute atomic E-state index is 14.6. The third-order valence-corrected chi connectivity index (χ3v) is 6.22. The zero-order chi connectivity index (χ0) is 24.7. The van der Waals surface area contributed by atoms with E-state index >= 15 is 0 Å². The minimum Gasteiger partial charge on any atom is -0.495 e. The van der Waals surface area contributed by atoms with Crippen LogP contribution in [-0.2, 0) is 0 Å². The van der Waals surface area contributed by atoms with Gasteiger partial charge < -0.3 is 25.3 Å². The molecule has 3 aromatic rings. The van der Waals surface area contributed by atoms with Gasteiger partial charge in [0.2, 0.25) is 5.95 Å². The van der Waals surface area contributed by atoms with E-state index < -0.39 is 5.82 Å². The lowest BCUT2D eigenvalue weighted by Crippen LogP contribution is -2.60. The normalized spacial score (nSPS) is 17.4. The first-order valence-electron chi connectivity index (χ1n) is 11.7. The molecule has 8 heteroatoms. The molecule has 4 rings (SSSR count). The van der Waals surface area contributed by atoms with Crippen LogP contribution in [0.3, 0.4) is 0 Å². The average molecular weight is 467 g/mol. The molecule has 2 aromatic heterocycles. The monoisotopic (exact) mass is 466 g/mol. The first-order valence-corrected chi connectivity index (χ1v) is 11.7. The van der Waals surface area contributed by atoms with Crippen LogP contribution in [0.4, 0.5) is 21.8 Å². The van der Waals surface area contributed by atoms with Gasteiger partial charge in [-0.1, -0.05) is 0 Å². The van der Waals surface area contributed by atoms with E-state index in [-0.39, 0.29) is 22.9 Å². The summed E-state index contributed by atoms with van der Waals surface area (Å²) in [7, 11) is 1.66. The highest BCUT2D eigenvalue weighted by atomic mass is 19.1. The predicted molar refractivity (Wildman–Crippen MR) is 135 cm³/mol. The van der Waals surface area contributed by atoms with E-state index in [9.17, 15) is 4.39 Å². The van der Waals surface area contributed by atoms with Crippen molar-refractivity contribution >= 4 is 17.5 Å². The van der Waals surface area contributed by atoms with Crippen LogP contribution < -0.4 is 20.7 Å². The minimum absolute atomic E-state index is 0.0573. The van der Waals surface area contributed by atoms with Crippen molar-refractivity contribution in [2.45, 2.75) is 71.5 Å². The number of benzene rings is 1. The Morgan fingerprint density at radius 2 is 1.71 bits per heavy atom. The smallest absolute Gasteiger partial charge is 0.229 e. The van der Waals surface area contributed by atoms with Crippen LogP contribution in [0.2, 0.25) is 0 Å². The SMILES string of the molecule is COc1ccc(Nc2ncc(F)c(NC3CC(C)(C)NC(C)(C)C3)n2)cc1-n1c(C)ccc1C. The molecule has 0 aliphatic carbocycles. The molecule has 1 fully saturated rings. The Morgan fingerprint density at radius 3 is 2.32 bits per heavy atom. The predicted octanol–water partition coefficient (Wildman–Crippen LogP) is 5.50. The van der Waals surface area contributed by atoms with Crippen molar-refractivity contribution in [1.82, 2.24) is 19.9 Å². The number of hydrogen-bond acceptors (Lipinski definition) is 6. The number of methoxy groups -OCH3 is 1. The van der Waals surface area contributed by atoms with Crippen LogP contribution in [0.5, 0.6) is 5.75 Å². The highest BCUT2D eigenvalue weighted by Gasteiger charge is 2.38. The Labute approximate surface area is 201 Å². The Kier molecular flexibility index (Phi) is 6.29. The Morgan fingerprint density at radius 1 is 1.06 bits per heavy atom. The average Bonchev–Trinajstić information content (AvgIpc) is 3.06. The van der Waals surface area contributed by atoms with Gasteiger partial charge in [-0.3, -0.25) is 0 Å². The fraction of sp³-hybridized carbons (Fsp3) is 0.462. The van der Waals surface area contributed by atoms with E-state index in [0.29, 0.717) is 5.95 Å². The second-order valence-corrected chi connectivity index (χ2v) is 10.5. The summed E-state index contributed by atoms with van der Waals surface area (Å²) < 4.78 is 22.4. The maximum Gasteiger partial charge on any atom is 0.229 e. The summed E-state index contributed by atoms with van der Waals surface area (Å²) in [4.78, 5) is 8.63. The summed E-state index contributed by atoms with van der Waals surface area (Å²) in [5.74, 6) is 0.829. The molecule has 3 N–H and O–H groups in total. The Balaban J connectivity index is 1.59. The number of rotatable bonds is 6. The lowest BCUT2D eigenvalue weighted by atomic mass is 9.79. The molecule has 0 unspecified atom stereocenters. The Bertz CT molecular complexity index is 1150. The summed E-state index contributed by atoms with van der Waals surface area (Å²) in [6.45, 7) is 12.8. The van der Waals surface area contributed by atoms with E-state index in [1.807, 2.05) is 18.2 Å². The lowest BCUT2D eigenvalue weighted by molar-refractivity contribution is 0.170. The zero-order valence-electron chi connectivity index (χ0n) is 21.1. The number of ether oxygens (including phenoxy) is 1. The van der Waals surface area contributed by atoms with Crippen molar-refractivity contribution < 1.29 is 9.13 Å². The van der Waals surface area contributed by atoms with E-state index in [2.05, 4.69) is 84.2 Å². The van der Waals surface area contributed by atoms with Gasteiger partial charge in [0.1, 0.15) is 5.75 Å². The van der Waals surface area contributed by atoms with Gasteiger partial charge in [-0.25, -0.2) is 9.37 Å². The van der Waals surface area contributed by atoms with E-state index in [0.717, 1.165) is 41.4 Å². The number of nitrogens with zero attached hydrogens (tertiary/aromatic N) is 3. The number of aryl methyl sites for hydroxylation is 2. The molecule has 182 valence electrons. The van der Waals surface area contributed by atoms with Gasteiger partial charge in [0.05, 0.1) is 19.0 Å². The molecule has 34 heavy (non-hydrogen) atoms. The summed E-state index contributed by atoms with van der Waals surface area (Å²) in [6, 6.07) is 10.0. The van der Waals surface area contributed by atoms with E-state index in [1.165, 1.54) is 6.20 Å². The van der Waals surface area contributed by atoms with Crippen molar-refractivity contribution in [2.75, 3.05) is 17.7 Å². The van der Waals surface area contributed by atoms with Crippen LogP contribution in [0.25, 0.3) is 5.69 Å². The van der Waals surface area contributed by atoms with Gasteiger partial charge in [0, 0.05) is 34.2 Å². The topological polar surface area (TPSA) is 76.0 Å². The fourth-order valence-corrected chi connectivity index (χ4v) is 5.27. The first-order chi connectivity index (χ1) is 16.0. The standard InChI is InChI=1S/C26H35FN6O/c1-16-8-9-17(2)33(16)21-12-18(10-11-22(21)34-7)30-24-28-15-20(27)23(31-24)29-19-13-25(3,4)32-26(5,6)14-19/h8-12,15,19,32H,13-14H2,1-7H3,(H2,28,29,30,31). The number of halogens is 1. The highest BCUT2D eigenvalue weighted by molar-refractivity contribution is 5.63. The number of piperidine rings is 1. The minimum atomic E-state index is -0.464. The van der Waals surface area contributed by atoms with Gasteiger partial charge in [-0.2, -0.15) is 4.98 Å². The Hall–Kier alpha value is -3.13. The molecule has 1 saturated heterocycles. The first kappa shape index (κ1) is 24.0. The number of aromatic nitrogens is 3.